The fraction of sp³-hybridized carbons (Fsp3) is 0.933. The highest BCUT2D eigenvalue weighted by molar-refractivity contribution is 5.35. The zero-order chi connectivity index (χ0) is 22.9. The van der Waals surface area contributed by atoms with E-state index in [1.165, 1.54) is 38.5 Å². The molecule has 1 N–H and O–H groups in total. The Hall–Kier alpha value is -0.340. The number of fused-ring (bicyclic) bond motifs is 4. The second-order valence-electron chi connectivity index (χ2n) is 14.9. The van der Waals surface area contributed by atoms with Crippen LogP contribution in [-0.2, 0) is 4.74 Å². The van der Waals surface area contributed by atoms with Gasteiger partial charge in [-0.05, 0) is 96.7 Å². The van der Waals surface area contributed by atoms with Crippen LogP contribution < -0.4 is 0 Å². The van der Waals surface area contributed by atoms with Crippen molar-refractivity contribution in [1.82, 2.24) is 0 Å². The van der Waals surface area contributed by atoms with Crippen molar-refractivity contribution in [2.75, 3.05) is 6.61 Å². The first kappa shape index (κ1) is 22.1. The molecule has 2 bridgehead atoms. The van der Waals surface area contributed by atoms with Crippen LogP contribution >= 0.6 is 0 Å². The van der Waals surface area contributed by atoms with Gasteiger partial charge in [-0.1, -0.05) is 60.6 Å². The van der Waals surface area contributed by atoms with Crippen molar-refractivity contribution in [3.8, 4) is 0 Å². The van der Waals surface area contributed by atoms with Gasteiger partial charge in [-0.3, -0.25) is 0 Å². The Morgan fingerprint density at radius 2 is 1.62 bits per heavy atom. The standard InChI is InChI=1S/C30H48O2/c1-19-8-14-29-17-16-28(7)27(6)13-9-21-25(3,4)23(31)11-12-26(21,5)22(27)10-15-30(28,32-18-29)24(29)20(19)2/h10,15,19-24,31H,8-9,11-14,16-18H2,1-7H3/t19-,20+,21+,22+,23-,24-,26-,27-,28-,29-,30+/m0/s1. The van der Waals surface area contributed by atoms with E-state index in [-0.39, 0.29) is 33.4 Å². The van der Waals surface area contributed by atoms with Crippen molar-refractivity contribution in [2.45, 2.75) is 112 Å². The third-order valence-corrected chi connectivity index (χ3v) is 13.9. The van der Waals surface area contributed by atoms with E-state index in [1.807, 2.05) is 0 Å². The lowest BCUT2D eigenvalue weighted by atomic mass is 9.32. The summed E-state index contributed by atoms with van der Waals surface area (Å²) >= 11 is 0. The van der Waals surface area contributed by atoms with E-state index in [0.717, 1.165) is 31.3 Å². The van der Waals surface area contributed by atoms with Crippen LogP contribution in [0.25, 0.3) is 0 Å². The number of aliphatic hydroxyl groups is 1. The molecule has 5 fully saturated rings. The summed E-state index contributed by atoms with van der Waals surface area (Å²) < 4.78 is 7.14. The van der Waals surface area contributed by atoms with Crippen LogP contribution in [0.5, 0.6) is 0 Å². The molecule has 0 aromatic heterocycles. The first-order valence-electron chi connectivity index (χ1n) is 13.9. The third-order valence-electron chi connectivity index (χ3n) is 13.9. The molecule has 2 heteroatoms. The summed E-state index contributed by atoms with van der Waals surface area (Å²) in [5.41, 5.74) is 1.10. The highest BCUT2D eigenvalue weighted by Crippen LogP contribution is 2.79. The fourth-order valence-corrected chi connectivity index (χ4v) is 11.6. The van der Waals surface area contributed by atoms with Crippen molar-refractivity contribution < 1.29 is 9.84 Å². The second kappa shape index (κ2) is 6.26. The lowest BCUT2D eigenvalue weighted by molar-refractivity contribution is -0.246. The predicted octanol–water partition coefficient (Wildman–Crippen LogP) is 7.01. The number of rotatable bonds is 0. The molecule has 0 amide bonds. The maximum Gasteiger partial charge on any atom is 0.0958 e. The Balaban J connectivity index is 1.49. The number of hydrogen-bond donors (Lipinski definition) is 1. The van der Waals surface area contributed by atoms with Gasteiger partial charge in [-0.15, -0.1) is 0 Å². The summed E-state index contributed by atoms with van der Waals surface area (Å²) in [7, 11) is 0. The van der Waals surface area contributed by atoms with Crippen LogP contribution in [0.15, 0.2) is 12.2 Å². The smallest absolute Gasteiger partial charge is 0.0958 e. The van der Waals surface area contributed by atoms with Gasteiger partial charge in [-0.25, -0.2) is 0 Å². The molecule has 180 valence electrons. The Morgan fingerprint density at radius 1 is 0.875 bits per heavy atom. The lowest BCUT2D eigenvalue weighted by Crippen LogP contribution is -2.71. The zero-order valence-corrected chi connectivity index (χ0v) is 21.8. The van der Waals surface area contributed by atoms with Crippen molar-refractivity contribution in [3.05, 3.63) is 12.2 Å². The van der Waals surface area contributed by atoms with Gasteiger partial charge in [-0.2, -0.15) is 0 Å². The summed E-state index contributed by atoms with van der Waals surface area (Å²) in [6.07, 6.45) is 15.3. The lowest BCUT2D eigenvalue weighted by Gasteiger charge is -2.73. The van der Waals surface area contributed by atoms with E-state index in [2.05, 4.69) is 60.6 Å². The third kappa shape index (κ3) is 2.18. The molecule has 1 heterocycles. The average molecular weight is 441 g/mol. The summed E-state index contributed by atoms with van der Waals surface area (Å²) in [4.78, 5) is 0. The predicted molar refractivity (Wildman–Crippen MR) is 130 cm³/mol. The molecule has 1 aliphatic heterocycles. The van der Waals surface area contributed by atoms with Crippen molar-refractivity contribution in [2.24, 2.45) is 56.7 Å². The first-order chi connectivity index (χ1) is 14.9. The summed E-state index contributed by atoms with van der Waals surface area (Å²) in [5.74, 6) is 3.42. The SMILES string of the molecule is C[C@@H]1[C@@H](C)CC[C@]23CC[C@@]4(C)[C@@]5(C)CC[C@@H]6C(C)(C)[C@@H](O)CC[C@]6(C)[C@H]5C=C[C@@]4(OC2)[C@@H]13. The minimum absolute atomic E-state index is 0.0110. The number of hydrogen-bond acceptors (Lipinski definition) is 2. The number of aliphatic hydroxyl groups excluding tert-OH is 1. The largest absolute Gasteiger partial charge is 0.393 e. The van der Waals surface area contributed by atoms with Crippen LogP contribution in [0.1, 0.15) is 99.8 Å². The second-order valence-corrected chi connectivity index (χ2v) is 14.9. The van der Waals surface area contributed by atoms with Crippen molar-refractivity contribution in [1.29, 1.82) is 0 Å². The van der Waals surface area contributed by atoms with Crippen molar-refractivity contribution in [3.63, 3.8) is 0 Å². The maximum atomic E-state index is 10.9. The number of allylic oxidation sites excluding steroid dienone is 1. The van der Waals surface area contributed by atoms with Crippen LogP contribution in [0.2, 0.25) is 0 Å². The molecular formula is C30H48O2. The molecular weight excluding hydrogens is 392 g/mol. The summed E-state index contributed by atoms with van der Waals surface area (Å²) in [6.45, 7) is 18.6. The molecule has 0 aromatic rings. The molecule has 2 nitrogen and oxygen atoms in total. The first-order valence-corrected chi connectivity index (χ1v) is 13.9. The summed E-state index contributed by atoms with van der Waals surface area (Å²) in [5, 5.41) is 10.9. The van der Waals surface area contributed by atoms with Gasteiger partial charge >= 0.3 is 0 Å². The number of ether oxygens (including phenoxy) is 1. The Bertz CT molecular complexity index is 846. The van der Waals surface area contributed by atoms with Gasteiger partial charge < -0.3 is 9.84 Å². The minimum atomic E-state index is -0.155. The van der Waals surface area contributed by atoms with Gasteiger partial charge in [0.25, 0.3) is 0 Å². The summed E-state index contributed by atoms with van der Waals surface area (Å²) in [6, 6.07) is 0. The topological polar surface area (TPSA) is 29.5 Å². The van der Waals surface area contributed by atoms with E-state index in [4.69, 9.17) is 4.74 Å². The van der Waals surface area contributed by atoms with E-state index < -0.39 is 0 Å². The molecule has 0 unspecified atom stereocenters. The maximum absolute atomic E-state index is 10.9. The van der Waals surface area contributed by atoms with E-state index in [0.29, 0.717) is 23.2 Å². The average Bonchev–Trinajstić information content (AvgIpc) is 3.00. The molecule has 32 heavy (non-hydrogen) atoms. The van der Waals surface area contributed by atoms with E-state index >= 15 is 0 Å². The zero-order valence-electron chi connectivity index (χ0n) is 21.8. The minimum Gasteiger partial charge on any atom is -0.393 e. The van der Waals surface area contributed by atoms with Crippen LogP contribution in [0.4, 0.5) is 0 Å². The van der Waals surface area contributed by atoms with E-state index in [9.17, 15) is 5.11 Å². The molecule has 4 saturated carbocycles. The highest BCUT2D eigenvalue weighted by Gasteiger charge is 2.77. The molecule has 0 radical (unpaired) electrons. The van der Waals surface area contributed by atoms with Gasteiger partial charge in [0.1, 0.15) is 0 Å². The molecule has 11 atom stereocenters. The quantitative estimate of drug-likeness (QED) is 0.410. The van der Waals surface area contributed by atoms with Crippen molar-refractivity contribution >= 4 is 0 Å². The van der Waals surface area contributed by atoms with Gasteiger partial charge in [0.05, 0.1) is 18.3 Å². The Kier molecular flexibility index (Phi) is 4.33. The molecule has 6 rings (SSSR count). The molecule has 1 spiro atoms. The fourth-order valence-electron chi connectivity index (χ4n) is 11.6. The molecule has 5 aliphatic carbocycles. The van der Waals surface area contributed by atoms with Gasteiger partial charge in [0, 0.05) is 11.3 Å². The highest BCUT2D eigenvalue weighted by atomic mass is 16.5. The van der Waals surface area contributed by atoms with Crippen LogP contribution in [-0.4, -0.2) is 23.4 Å². The normalized spacial score (nSPS) is 62.5. The molecule has 0 aromatic carbocycles. The Labute approximate surface area is 197 Å². The monoisotopic (exact) mass is 440 g/mol. The van der Waals surface area contributed by atoms with Crippen LogP contribution in [0, 0.1) is 56.7 Å². The van der Waals surface area contributed by atoms with Gasteiger partial charge in [0.15, 0.2) is 0 Å². The molecule has 1 saturated heterocycles. The van der Waals surface area contributed by atoms with Crippen LogP contribution in [0.3, 0.4) is 0 Å². The Morgan fingerprint density at radius 3 is 2.38 bits per heavy atom. The molecule has 6 aliphatic rings. The van der Waals surface area contributed by atoms with E-state index in [1.54, 1.807) is 0 Å². The van der Waals surface area contributed by atoms with Gasteiger partial charge in [0.2, 0.25) is 0 Å².